The van der Waals surface area contributed by atoms with Crippen LogP contribution in [0.25, 0.3) is 0 Å². The normalized spacial score (nSPS) is 28.6. The van der Waals surface area contributed by atoms with E-state index in [0.29, 0.717) is 18.4 Å². The van der Waals surface area contributed by atoms with E-state index in [4.69, 9.17) is 9.84 Å². The molecule has 6 heteroatoms. The maximum absolute atomic E-state index is 14.1. The number of aliphatic hydroxyl groups is 1. The summed E-state index contributed by atoms with van der Waals surface area (Å²) in [6.07, 6.45) is -2.31. The van der Waals surface area contributed by atoms with Crippen LogP contribution < -0.4 is 5.32 Å². The van der Waals surface area contributed by atoms with E-state index < -0.39 is 30.2 Å². The lowest BCUT2D eigenvalue weighted by Gasteiger charge is -2.36. The van der Waals surface area contributed by atoms with Crippen LogP contribution in [0.3, 0.4) is 0 Å². The Kier molecular flexibility index (Phi) is 4.80. The van der Waals surface area contributed by atoms with Gasteiger partial charge in [0.1, 0.15) is 6.17 Å². The van der Waals surface area contributed by atoms with Gasteiger partial charge in [0.2, 0.25) is 0 Å². The number of ether oxygens (including phenoxy) is 1. The Morgan fingerprint density at radius 2 is 2.05 bits per heavy atom. The Labute approximate surface area is 122 Å². The fraction of sp³-hybridized carbons (Fsp3) is 0.533. The van der Waals surface area contributed by atoms with Gasteiger partial charge in [-0.25, -0.2) is 9.18 Å². The van der Waals surface area contributed by atoms with Crippen molar-refractivity contribution in [3.05, 3.63) is 35.9 Å². The molecule has 21 heavy (non-hydrogen) atoms. The highest BCUT2D eigenvalue weighted by Crippen LogP contribution is 2.31. The Bertz CT molecular complexity index is 480. The molecule has 1 aliphatic rings. The van der Waals surface area contributed by atoms with E-state index in [2.05, 4.69) is 5.32 Å². The number of alkyl halides is 1. The highest BCUT2D eigenvalue weighted by atomic mass is 19.1. The Hall–Kier alpha value is -1.66. The third-order valence-corrected chi connectivity index (χ3v) is 3.73. The molecule has 3 N–H and O–H groups in total. The highest BCUT2D eigenvalue weighted by molar-refractivity contribution is 5.64. The molecule has 1 amide bonds. The van der Waals surface area contributed by atoms with E-state index in [1.807, 2.05) is 6.07 Å². The molecule has 0 radical (unpaired) electrons. The van der Waals surface area contributed by atoms with Crippen LogP contribution in [-0.2, 0) is 10.5 Å². The third kappa shape index (κ3) is 4.15. The third-order valence-electron chi connectivity index (χ3n) is 3.73. The first kappa shape index (κ1) is 15.7. The minimum Gasteiger partial charge on any atom is -0.465 e. The average molecular weight is 297 g/mol. The van der Waals surface area contributed by atoms with Crippen molar-refractivity contribution in [2.45, 2.75) is 50.3 Å². The Morgan fingerprint density at radius 3 is 2.62 bits per heavy atom. The second-order valence-corrected chi connectivity index (χ2v) is 5.48. The summed E-state index contributed by atoms with van der Waals surface area (Å²) in [5.41, 5.74) is 0.558. The van der Waals surface area contributed by atoms with Crippen LogP contribution in [0, 0.1) is 0 Å². The molecule has 0 bridgehead atoms. The number of halogens is 1. The van der Waals surface area contributed by atoms with E-state index >= 15 is 0 Å². The number of rotatable bonds is 4. The van der Waals surface area contributed by atoms with Crippen molar-refractivity contribution in [3.63, 3.8) is 0 Å². The number of nitrogens with one attached hydrogen (secondary N) is 1. The largest absolute Gasteiger partial charge is 0.465 e. The summed E-state index contributed by atoms with van der Waals surface area (Å²) in [6.45, 7) is 1.48. The molecule has 0 aliphatic heterocycles. The number of hydrogen-bond acceptors (Lipinski definition) is 3. The van der Waals surface area contributed by atoms with Crippen LogP contribution in [-0.4, -0.2) is 34.6 Å². The molecule has 1 fully saturated rings. The molecule has 1 aromatic rings. The maximum atomic E-state index is 14.1. The van der Waals surface area contributed by atoms with Crippen LogP contribution >= 0.6 is 0 Å². The molecule has 5 nitrogen and oxygen atoms in total. The van der Waals surface area contributed by atoms with Gasteiger partial charge in [0.05, 0.1) is 6.10 Å². The number of amides is 1. The zero-order chi connectivity index (χ0) is 15.5. The van der Waals surface area contributed by atoms with E-state index in [1.54, 1.807) is 24.3 Å². The molecular weight excluding hydrogens is 277 g/mol. The van der Waals surface area contributed by atoms with Gasteiger partial charge in [-0.05, 0) is 19.8 Å². The molecule has 4 unspecified atom stereocenters. The summed E-state index contributed by atoms with van der Waals surface area (Å²) in [4.78, 5) is 10.6. The van der Waals surface area contributed by atoms with Crippen LogP contribution in [0.5, 0.6) is 0 Å². The summed E-state index contributed by atoms with van der Waals surface area (Å²) in [5.74, 6) is -1.57. The summed E-state index contributed by atoms with van der Waals surface area (Å²) in [6, 6.07) is 8.39. The first-order valence-corrected chi connectivity index (χ1v) is 6.98. The molecular formula is C15H20FNO4. The minimum atomic E-state index is -1.57. The van der Waals surface area contributed by atoms with Crippen molar-refractivity contribution in [1.82, 2.24) is 5.32 Å². The molecule has 1 aromatic carbocycles. The van der Waals surface area contributed by atoms with Crippen molar-refractivity contribution >= 4 is 6.09 Å². The van der Waals surface area contributed by atoms with Gasteiger partial charge in [0, 0.05) is 18.0 Å². The summed E-state index contributed by atoms with van der Waals surface area (Å²) >= 11 is 0. The fourth-order valence-electron chi connectivity index (χ4n) is 2.64. The second kappa shape index (κ2) is 6.41. The van der Waals surface area contributed by atoms with Crippen molar-refractivity contribution in [2.75, 3.05) is 0 Å². The monoisotopic (exact) mass is 297 g/mol. The van der Waals surface area contributed by atoms with Crippen LogP contribution in [0.15, 0.2) is 30.3 Å². The van der Waals surface area contributed by atoms with Gasteiger partial charge < -0.3 is 20.3 Å². The zero-order valence-electron chi connectivity index (χ0n) is 11.8. The average Bonchev–Trinajstić information content (AvgIpc) is 2.42. The Balaban J connectivity index is 1.96. The number of carbonyl (C=O) groups is 1. The van der Waals surface area contributed by atoms with Crippen LogP contribution in [0.4, 0.5) is 9.18 Å². The predicted octanol–water partition coefficient (Wildman–Crippen LogP) is 2.40. The standard InChI is InChI=1S/C15H20FNO4/c1-15(20,10-5-3-2-4-6-10)21-13-8-7-11(9-12(13)16)17-14(18)19/h2-6,11-13,17,20H,7-9H2,1H3,(H,18,19). The number of carboxylic acid groups (broad SMARTS) is 1. The number of hydrogen-bond donors (Lipinski definition) is 3. The molecule has 116 valence electrons. The fourth-order valence-corrected chi connectivity index (χ4v) is 2.64. The van der Waals surface area contributed by atoms with Gasteiger partial charge in [-0.1, -0.05) is 30.3 Å². The van der Waals surface area contributed by atoms with Crippen LogP contribution in [0.2, 0.25) is 0 Å². The van der Waals surface area contributed by atoms with Crippen LogP contribution in [0.1, 0.15) is 31.7 Å². The van der Waals surface area contributed by atoms with Crippen molar-refractivity contribution in [2.24, 2.45) is 0 Å². The lowest BCUT2D eigenvalue weighted by Crippen LogP contribution is -2.46. The molecule has 0 heterocycles. The van der Waals surface area contributed by atoms with E-state index in [1.165, 1.54) is 6.92 Å². The SMILES string of the molecule is CC(O)(OC1CCC(NC(=O)O)CC1F)c1ccccc1. The smallest absolute Gasteiger partial charge is 0.404 e. The van der Waals surface area contributed by atoms with Gasteiger partial charge >= 0.3 is 6.09 Å². The maximum Gasteiger partial charge on any atom is 0.404 e. The highest BCUT2D eigenvalue weighted by Gasteiger charge is 2.37. The molecule has 2 rings (SSSR count). The van der Waals surface area contributed by atoms with E-state index in [9.17, 15) is 14.3 Å². The van der Waals surface area contributed by atoms with Gasteiger partial charge in [-0.2, -0.15) is 0 Å². The van der Waals surface area contributed by atoms with Gasteiger partial charge in [0.15, 0.2) is 5.79 Å². The van der Waals surface area contributed by atoms with Crippen molar-refractivity contribution in [3.8, 4) is 0 Å². The lowest BCUT2D eigenvalue weighted by molar-refractivity contribution is -0.244. The van der Waals surface area contributed by atoms with Crippen molar-refractivity contribution < 1.29 is 24.1 Å². The molecule has 4 atom stereocenters. The first-order valence-electron chi connectivity index (χ1n) is 6.98. The predicted molar refractivity (Wildman–Crippen MR) is 74.6 cm³/mol. The van der Waals surface area contributed by atoms with Crippen molar-refractivity contribution in [1.29, 1.82) is 0 Å². The lowest BCUT2D eigenvalue weighted by atomic mass is 9.91. The zero-order valence-corrected chi connectivity index (χ0v) is 11.8. The topological polar surface area (TPSA) is 78.8 Å². The molecule has 1 aliphatic carbocycles. The molecule has 0 aromatic heterocycles. The summed E-state index contributed by atoms with van der Waals surface area (Å²) in [7, 11) is 0. The molecule has 0 saturated heterocycles. The van der Waals surface area contributed by atoms with Gasteiger partial charge in [-0.3, -0.25) is 0 Å². The van der Waals surface area contributed by atoms with E-state index in [0.717, 1.165) is 0 Å². The molecule has 1 saturated carbocycles. The number of benzene rings is 1. The second-order valence-electron chi connectivity index (χ2n) is 5.48. The summed E-state index contributed by atoms with van der Waals surface area (Å²) in [5, 5.41) is 21.3. The Morgan fingerprint density at radius 1 is 1.38 bits per heavy atom. The quantitative estimate of drug-likeness (QED) is 0.746. The van der Waals surface area contributed by atoms with Gasteiger partial charge in [-0.15, -0.1) is 0 Å². The van der Waals surface area contributed by atoms with E-state index in [-0.39, 0.29) is 6.42 Å². The van der Waals surface area contributed by atoms with Gasteiger partial charge in [0.25, 0.3) is 0 Å². The molecule has 0 spiro atoms. The minimum absolute atomic E-state index is 0.0574. The first-order chi connectivity index (χ1) is 9.88. The summed E-state index contributed by atoms with van der Waals surface area (Å²) < 4.78 is 19.7.